The maximum Gasteiger partial charge on any atom is 0.303 e. The molecule has 1 saturated heterocycles. The maximum absolute atomic E-state index is 11.7. The molecule has 0 radical (unpaired) electrons. The topological polar surface area (TPSA) is 83.8 Å². The van der Waals surface area contributed by atoms with Crippen molar-refractivity contribution in [3.05, 3.63) is 23.3 Å². The number of benzene rings is 1. The summed E-state index contributed by atoms with van der Waals surface area (Å²) in [6.45, 7) is 6.01. The number of aliphatic carboxylic acids is 1. The lowest BCUT2D eigenvalue weighted by Crippen LogP contribution is -2.14. The first-order valence-corrected chi connectivity index (χ1v) is 14.3. The molecule has 8 heteroatoms. The lowest BCUT2D eigenvalue weighted by atomic mass is 9.96. The summed E-state index contributed by atoms with van der Waals surface area (Å²) < 4.78 is 6.22. The van der Waals surface area contributed by atoms with Crippen LogP contribution in [0.5, 0.6) is 11.5 Å². The first-order chi connectivity index (χ1) is 15.2. The van der Waals surface area contributed by atoms with Crippen LogP contribution in [0.2, 0.25) is 0 Å². The van der Waals surface area contributed by atoms with E-state index in [2.05, 4.69) is 11.8 Å². The summed E-state index contributed by atoms with van der Waals surface area (Å²) in [5, 5.41) is 20.2. The van der Waals surface area contributed by atoms with Crippen LogP contribution in [-0.2, 0) is 4.79 Å². The van der Waals surface area contributed by atoms with Gasteiger partial charge in [0.2, 0.25) is 0 Å². The summed E-state index contributed by atoms with van der Waals surface area (Å²) in [6.07, 6.45) is 4.47. The Morgan fingerprint density at radius 1 is 1.34 bits per heavy atom. The zero-order valence-corrected chi connectivity index (χ0v) is 21.5. The summed E-state index contributed by atoms with van der Waals surface area (Å²) in [4.78, 5) is 22.7. The normalized spacial score (nSPS) is 25.0. The van der Waals surface area contributed by atoms with Gasteiger partial charge in [-0.25, -0.2) is 0 Å². The summed E-state index contributed by atoms with van der Waals surface area (Å²) in [6, 6.07) is 3.44. The van der Waals surface area contributed by atoms with Gasteiger partial charge in [-0.2, -0.15) is 11.8 Å². The minimum Gasteiger partial charge on any atom is -0.507 e. The molecule has 2 fully saturated rings. The molecule has 3 unspecified atom stereocenters. The van der Waals surface area contributed by atoms with Crippen molar-refractivity contribution in [1.29, 1.82) is 0 Å². The van der Waals surface area contributed by atoms with Gasteiger partial charge in [-0.3, -0.25) is 9.59 Å². The Morgan fingerprint density at radius 3 is 2.81 bits per heavy atom. The van der Waals surface area contributed by atoms with Gasteiger partial charge in [-0.1, -0.05) is 13.8 Å². The van der Waals surface area contributed by atoms with Crippen LogP contribution in [0.3, 0.4) is 0 Å². The van der Waals surface area contributed by atoms with Crippen molar-refractivity contribution in [3.8, 4) is 11.5 Å². The van der Waals surface area contributed by atoms with Crippen LogP contribution in [-0.4, -0.2) is 55.2 Å². The number of Topliss-reactive ketones (excluding diaryl/α,β-unsaturated/α-hetero) is 1. The molecular formula is C24H34O5S3. The van der Waals surface area contributed by atoms with E-state index in [0.717, 1.165) is 42.9 Å². The number of carboxylic acids is 1. The average Bonchev–Trinajstić information content (AvgIpc) is 3.29. The number of carbonyl (C=O) groups excluding carboxylic acids is 1. The lowest BCUT2D eigenvalue weighted by Gasteiger charge is -2.22. The van der Waals surface area contributed by atoms with Crippen molar-refractivity contribution in [2.45, 2.75) is 68.1 Å². The molecule has 32 heavy (non-hydrogen) atoms. The zero-order valence-electron chi connectivity index (χ0n) is 19.1. The Bertz CT molecular complexity index is 828. The van der Waals surface area contributed by atoms with Gasteiger partial charge in [-0.15, -0.1) is 23.5 Å². The van der Waals surface area contributed by atoms with E-state index in [1.807, 2.05) is 37.4 Å². The van der Waals surface area contributed by atoms with E-state index in [9.17, 15) is 14.7 Å². The number of aromatic hydroxyl groups is 1. The van der Waals surface area contributed by atoms with Gasteiger partial charge in [0.25, 0.3) is 0 Å². The SMILES string of the molecule is CC(=O)c1ccc(OCCCSCC2CSC3(CCC(CC(=O)O)C3)S2)c(C(C)C)c1O. The third-order valence-electron chi connectivity index (χ3n) is 6.04. The van der Waals surface area contributed by atoms with Crippen molar-refractivity contribution in [2.75, 3.05) is 23.9 Å². The third-order valence-corrected chi connectivity index (χ3v) is 11.3. The van der Waals surface area contributed by atoms with Crippen LogP contribution in [0.15, 0.2) is 12.1 Å². The van der Waals surface area contributed by atoms with Crippen molar-refractivity contribution in [2.24, 2.45) is 5.92 Å². The molecule has 1 saturated carbocycles. The molecule has 5 nitrogen and oxygen atoms in total. The van der Waals surface area contributed by atoms with Crippen LogP contribution < -0.4 is 4.74 Å². The second-order valence-electron chi connectivity index (χ2n) is 9.03. The Balaban J connectivity index is 1.38. The van der Waals surface area contributed by atoms with Gasteiger partial charge in [0.15, 0.2) is 5.78 Å². The second kappa shape index (κ2) is 11.4. The van der Waals surface area contributed by atoms with E-state index in [0.29, 0.717) is 41.1 Å². The van der Waals surface area contributed by atoms with Crippen LogP contribution in [0.25, 0.3) is 0 Å². The lowest BCUT2D eigenvalue weighted by molar-refractivity contribution is -0.138. The molecule has 1 aliphatic heterocycles. The molecule has 1 heterocycles. The molecule has 3 rings (SSSR count). The molecule has 1 aromatic carbocycles. The summed E-state index contributed by atoms with van der Waals surface area (Å²) in [5.41, 5.74) is 1.05. The number of hydrogen-bond donors (Lipinski definition) is 2. The molecule has 1 spiro atoms. The summed E-state index contributed by atoms with van der Waals surface area (Å²) in [7, 11) is 0. The number of carbonyl (C=O) groups is 2. The summed E-state index contributed by atoms with van der Waals surface area (Å²) in [5.74, 6) is 3.60. The molecule has 0 amide bonds. The van der Waals surface area contributed by atoms with Gasteiger partial charge in [0.05, 0.1) is 16.2 Å². The summed E-state index contributed by atoms with van der Waals surface area (Å²) >= 11 is 6.09. The number of hydrogen-bond acceptors (Lipinski definition) is 7. The fourth-order valence-electron chi connectivity index (χ4n) is 4.54. The first kappa shape index (κ1) is 25.6. The third kappa shape index (κ3) is 6.54. The van der Waals surface area contributed by atoms with Gasteiger partial charge < -0.3 is 14.9 Å². The highest BCUT2D eigenvalue weighted by molar-refractivity contribution is 8.22. The number of phenols is 1. The van der Waals surface area contributed by atoms with Gasteiger partial charge in [0.1, 0.15) is 11.5 Å². The van der Waals surface area contributed by atoms with Gasteiger partial charge in [-0.05, 0) is 62.3 Å². The van der Waals surface area contributed by atoms with Crippen LogP contribution in [0, 0.1) is 5.92 Å². The predicted molar refractivity (Wildman–Crippen MR) is 136 cm³/mol. The molecule has 1 aliphatic carbocycles. The minimum absolute atomic E-state index is 0.0431. The minimum atomic E-state index is -0.667. The molecule has 3 atom stereocenters. The van der Waals surface area contributed by atoms with Gasteiger partial charge in [0, 0.05) is 28.7 Å². The number of phenolic OH excluding ortho intramolecular Hbond substituents is 1. The van der Waals surface area contributed by atoms with E-state index in [4.69, 9.17) is 9.84 Å². The zero-order chi connectivity index (χ0) is 23.3. The molecule has 1 aromatic rings. The van der Waals surface area contributed by atoms with Crippen molar-refractivity contribution < 1.29 is 24.5 Å². The number of ketones is 1. The Hall–Kier alpha value is -0.990. The Morgan fingerprint density at radius 2 is 2.12 bits per heavy atom. The average molecular weight is 499 g/mol. The number of ether oxygens (including phenoxy) is 1. The smallest absolute Gasteiger partial charge is 0.303 e. The highest BCUT2D eigenvalue weighted by Gasteiger charge is 2.46. The molecular weight excluding hydrogens is 464 g/mol. The van der Waals surface area contributed by atoms with E-state index in [1.165, 1.54) is 6.92 Å². The van der Waals surface area contributed by atoms with E-state index < -0.39 is 5.97 Å². The number of rotatable bonds is 11. The van der Waals surface area contributed by atoms with E-state index >= 15 is 0 Å². The number of carboxylic acid groups (broad SMARTS) is 1. The Kier molecular flexibility index (Phi) is 9.15. The molecule has 178 valence electrons. The fraction of sp³-hybridized carbons (Fsp3) is 0.667. The van der Waals surface area contributed by atoms with Crippen LogP contribution >= 0.6 is 35.3 Å². The maximum atomic E-state index is 11.7. The van der Waals surface area contributed by atoms with Crippen LogP contribution in [0.1, 0.15) is 74.7 Å². The number of thioether (sulfide) groups is 3. The Labute approximate surface area is 203 Å². The van der Waals surface area contributed by atoms with E-state index in [-0.39, 0.29) is 21.5 Å². The standard InChI is InChI=1S/C24H34O5S3/c1-15(2)22-20(6-5-19(16(3)25)23(22)28)29-9-4-10-30-13-18-14-31-24(32-18)8-7-17(12-24)11-21(26)27/h5-6,15,17-18,28H,4,7-14H2,1-3H3,(H,26,27). The predicted octanol–water partition coefficient (Wildman–Crippen LogP) is 6.04. The molecule has 2 N–H and O–H groups in total. The first-order valence-electron chi connectivity index (χ1n) is 11.3. The highest BCUT2D eigenvalue weighted by atomic mass is 32.2. The molecule has 0 bridgehead atoms. The fourth-order valence-corrected chi connectivity index (χ4v) is 9.88. The monoisotopic (exact) mass is 498 g/mol. The largest absolute Gasteiger partial charge is 0.507 e. The van der Waals surface area contributed by atoms with Crippen molar-refractivity contribution >= 4 is 47.0 Å². The quantitative estimate of drug-likeness (QED) is 0.282. The highest BCUT2D eigenvalue weighted by Crippen LogP contribution is 2.59. The molecule has 0 aromatic heterocycles. The van der Waals surface area contributed by atoms with E-state index in [1.54, 1.807) is 12.1 Å². The van der Waals surface area contributed by atoms with Crippen LogP contribution in [0.4, 0.5) is 0 Å². The van der Waals surface area contributed by atoms with Crippen molar-refractivity contribution in [1.82, 2.24) is 0 Å². The molecule has 2 aliphatic rings. The second-order valence-corrected chi connectivity index (χ2v) is 13.5. The van der Waals surface area contributed by atoms with Crippen molar-refractivity contribution in [3.63, 3.8) is 0 Å². The van der Waals surface area contributed by atoms with Gasteiger partial charge >= 0.3 is 5.97 Å².